The van der Waals surface area contributed by atoms with Crippen molar-refractivity contribution in [1.29, 1.82) is 0 Å². The molecule has 2 aromatic rings. The van der Waals surface area contributed by atoms with Crippen molar-refractivity contribution >= 4 is 17.2 Å². The molecule has 17 heavy (non-hydrogen) atoms. The van der Waals surface area contributed by atoms with E-state index in [1.165, 1.54) is 0 Å². The fourth-order valence-corrected chi connectivity index (χ4v) is 1.98. The van der Waals surface area contributed by atoms with E-state index in [4.69, 9.17) is 4.74 Å². The van der Waals surface area contributed by atoms with Gasteiger partial charge in [0.15, 0.2) is 0 Å². The van der Waals surface area contributed by atoms with E-state index in [0.717, 1.165) is 29.5 Å². The van der Waals surface area contributed by atoms with Crippen LogP contribution in [0.5, 0.6) is 5.75 Å². The predicted molar refractivity (Wildman–Crippen MR) is 68.8 cm³/mol. The maximum absolute atomic E-state index is 10.9. The van der Waals surface area contributed by atoms with E-state index >= 15 is 0 Å². The molecule has 3 nitrogen and oxygen atoms in total. The number of hydrogen-bond acceptors (Lipinski definition) is 2. The van der Waals surface area contributed by atoms with Crippen LogP contribution in [0.25, 0.3) is 10.9 Å². The van der Waals surface area contributed by atoms with Gasteiger partial charge in [0.1, 0.15) is 12.0 Å². The van der Waals surface area contributed by atoms with E-state index in [9.17, 15) is 4.79 Å². The van der Waals surface area contributed by atoms with E-state index in [-0.39, 0.29) is 6.10 Å². The topological polar surface area (TPSA) is 31.2 Å². The van der Waals surface area contributed by atoms with Crippen LogP contribution in [0.15, 0.2) is 24.4 Å². The van der Waals surface area contributed by atoms with Gasteiger partial charge in [-0.05, 0) is 39.0 Å². The Labute approximate surface area is 101 Å². The summed E-state index contributed by atoms with van der Waals surface area (Å²) in [7, 11) is 0. The fraction of sp³-hybridized carbons (Fsp3) is 0.357. The molecule has 2 rings (SSSR count). The van der Waals surface area contributed by atoms with E-state index in [0.29, 0.717) is 5.56 Å². The van der Waals surface area contributed by atoms with E-state index in [2.05, 4.69) is 11.5 Å². The second-order valence-corrected chi connectivity index (χ2v) is 4.34. The highest BCUT2D eigenvalue weighted by Gasteiger charge is 2.09. The lowest BCUT2D eigenvalue weighted by Gasteiger charge is -2.12. The van der Waals surface area contributed by atoms with Gasteiger partial charge in [-0.15, -0.1) is 0 Å². The number of nitrogens with zero attached hydrogens (tertiary/aromatic N) is 1. The van der Waals surface area contributed by atoms with Crippen LogP contribution in [-0.2, 0) is 6.54 Å². The summed E-state index contributed by atoms with van der Waals surface area (Å²) in [5, 5.41) is 1.06. The molecule has 1 aromatic heterocycles. The first-order valence-electron chi connectivity index (χ1n) is 5.90. The molecule has 90 valence electrons. The number of aldehydes is 1. The van der Waals surface area contributed by atoms with Crippen molar-refractivity contribution < 1.29 is 9.53 Å². The normalized spacial score (nSPS) is 11.1. The van der Waals surface area contributed by atoms with Crippen molar-refractivity contribution in [3.05, 3.63) is 30.0 Å². The Morgan fingerprint density at radius 3 is 2.76 bits per heavy atom. The minimum atomic E-state index is 0.102. The molecule has 3 heteroatoms. The maximum Gasteiger partial charge on any atom is 0.150 e. The van der Waals surface area contributed by atoms with Gasteiger partial charge in [-0.2, -0.15) is 0 Å². The van der Waals surface area contributed by atoms with Crippen LogP contribution in [0.2, 0.25) is 0 Å². The molecular weight excluding hydrogens is 214 g/mol. The third kappa shape index (κ3) is 2.18. The molecule has 0 saturated carbocycles. The largest absolute Gasteiger partial charge is 0.490 e. The van der Waals surface area contributed by atoms with Crippen LogP contribution in [0, 0.1) is 0 Å². The average Bonchev–Trinajstić information content (AvgIpc) is 2.71. The van der Waals surface area contributed by atoms with Gasteiger partial charge in [0.25, 0.3) is 0 Å². The number of hydrogen-bond donors (Lipinski definition) is 0. The average molecular weight is 231 g/mol. The highest BCUT2D eigenvalue weighted by Crippen LogP contribution is 2.29. The number of rotatable bonds is 4. The van der Waals surface area contributed by atoms with Crippen LogP contribution < -0.4 is 4.74 Å². The summed E-state index contributed by atoms with van der Waals surface area (Å²) in [4.78, 5) is 10.9. The van der Waals surface area contributed by atoms with E-state index in [1.54, 1.807) is 6.07 Å². The number of fused-ring (bicyclic) bond motifs is 1. The third-order valence-corrected chi connectivity index (χ3v) is 2.71. The van der Waals surface area contributed by atoms with E-state index in [1.807, 2.05) is 32.2 Å². The Balaban J connectivity index is 2.64. The van der Waals surface area contributed by atoms with Crippen LogP contribution >= 0.6 is 0 Å². The van der Waals surface area contributed by atoms with Gasteiger partial charge in [0.2, 0.25) is 0 Å². The maximum atomic E-state index is 10.9. The highest BCUT2D eigenvalue weighted by atomic mass is 16.5. The Bertz CT molecular complexity index is 540. The predicted octanol–water partition coefficient (Wildman–Crippen LogP) is 3.26. The first-order chi connectivity index (χ1) is 8.15. The minimum Gasteiger partial charge on any atom is -0.490 e. The van der Waals surface area contributed by atoms with Crippen molar-refractivity contribution in [2.75, 3.05) is 0 Å². The molecule has 0 amide bonds. The molecule has 0 fully saturated rings. The fourth-order valence-electron chi connectivity index (χ4n) is 1.98. The lowest BCUT2D eigenvalue weighted by atomic mass is 10.1. The van der Waals surface area contributed by atoms with Crippen LogP contribution in [0.1, 0.15) is 31.1 Å². The molecule has 0 aliphatic heterocycles. The Morgan fingerprint density at radius 2 is 2.18 bits per heavy atom. The second kappa shape index (κ2) is 4.62. The summed E-state index contributed by atoms with van der Waals surface area (Å²) in [5.74, 6) is 0.784. The van der Waals surface area contributed by atoms with Gasteiger partial charge < -0.3 is 9.30 Å². The van der Waals surface area contributed by atoms with Crippen LogP contribution in [0.3, 0.4) is 0 Å². The molecule has 0 bridgehead atoms. The van der Waals surface area contributed by atoms with Crippen molar-refractivity contribution in [3.63, 3.8) is 0 Å². The summed E-state index contributed by atoms with van der Waals surface area (Å²) in [6.45, 7) is 6.93. The summed E-state index contributed by atoms with van der Waals surface area (Å²) in [6.07, 6.45) is 2.98. The van der Waals surface area contributed by atoms with Gasteiger partial charge in [0, 0.05) is 23.7 Å². The Hall–Kier alpha value is -1.77. The highest BCUT2D eigenvalue weighted by molar-refractivity contribution is 5.92. The van der Waals surface area contributed by atoms with Crippen molar-refractivity contribution in [1.82, 2.24) is 4.57 Å². The monoisotopic (exact) mass is 231 g/mol. The Morgan fingerprint density at radius 1 is 1.41 bits per heavy atom. The molecule has 0 aliphatic carbocycles. The zero-order chi connectivity index (χ0) is 12.4. The number of carbonyl (C=O) groups is 1. The number of carbonyl (C=O) groups excluding carboxylic acids is 1. The molecule has 1 heterocycles. The van der Waals surface area contributed by atoms with Gasteiger partial charge in [-0.3, -0.25) is 4.79 Å². The number of aromatic nitrogens is 1. The number of benzene rings is 1. The first-order valence-corrected chi connectivity index (χ1v) is 5.90. The Kier molecular flexibility index (Phi) is 3.18. The first kappa shape index (κ1) is 11.7. The molecular formula is C14H17NO2. The minimum absolute atomic E-state index is 0.102. The summed E-state index contributed by atoms with van der Waals surface area (Å²) in [6, 6.07) is 5.74. The smallest absolute Gasteiger partial charge is 0.150 e. The van der Waals surface area contributed by atoms with Gasteiger partial charge >= 0.3 is 0 Å². The lowest BCUT2D eigenvalue weighted by Crippen LogP contribution is -2.06. The SMILES string of the molecule is CCn1ccc2c(OC(C)C)cc(C=O)cc21. The molecule has 0 unspecified atom stereocenters. The standard InChI is InChI=1S/C14H17NO2/c1-4-15-6-5-12-13(15)7-11(9-16)8-14(12)17-10(2)3/h5-10H,4H2,1-3H3. The summed E-state index contributed by atoms with van der Waals surface area (Å²) < 4.78 is 7.86. The van der Waals surface area contributed by atoms with Crippen molar-refractivity contribution in [2.24, 2.45) is 0 Å². The van der Waals surface area contributed by atoms with Crippen LogP contribution in [0.4, 0.5) is 0 Å². The quantitative estimate of drug-likeness (QED) is 0.756. The van der Waals surface area contributed by atoms with Gasteiger partial charge in [0.05, 0.1) is 11.6 Å². The van der Waals surface area contributed by atoms with Crippen molar-refractivity contribution in [2.45, 2.75) is 33.4 Å². The molecule has 0 spiro atoms. The molecule has 0 saturated heterocycles. The lowest BCUT2D eigenvalue weighted by molar-refractivity contribution is 0.112. The number of ether oxygens (including phenoxy) is 1. The van der Waals surface area contributed by atoms with Crippen LogP contribution in [-0.4, -0.2) is 17.0 Å². The molecule has 0 radical (unpaired) electrons. The molecule has 0 atom stereocenters. The second-order valence-electron chi connectivity index (χ2n) is 4.34. The number of aryl methyl sites for hydroxylation is 1. The van der Waals surface area contributed by atoms with Crippen molar-refractivity contribution in [3.8, 4) is 5.75 Å². The molecule has 1 aromatic carbocycles. The van der Waals surface area contributed by atoms with E-state index < -0.39 is 0 Å². The molecule has 0 N–H and O–H groups in total. The van der Waals surface area contributed by atoms with Gasteiger partial charge in [-0.25, -0.2) is 0 Å². The zero-order valence-electron chi connectivity index (χ0n) is 10.4. The summed E-state index contributed by atoms with van der Waals surface area (Å²) >= 11 is 0. The summed E-state index contributed by atoms with van der Waals surface area (Å²) in [5.41, 5.74) is 1.70. The van der Waals surface area contributed by atoms with Gasteiger partial charge in [-0.1, -0.05) is 0 Å². The zero-order valence-corrected chi connectivity index (χ0v) is 10.4. The third-order valence-electron chi connectivity index (χ3n) is 2.71. The molecule has 0 aliphatic rings.